The molecule has 144 valence electrons. The molecule has 2 fully saturated rings. The highest BCUT2D eigenvalue weighted by molar-refractivity contribution is 5.97. The van der Waals surface area contributed by atoms with Crippen LogP contribution >= 0.6 is 0 Å². The molecule has 1 N–H and O–H groups in total. The minimum atomic E-state index is -0.246. The zero-order valence-corrected chi connectivity index (χ0v) is 16.4. The van der Waals surface area contributed by atoms with Crippen molar-refractivity contribution in [2.45, 2.75) is 58.3 Å². The topological polar surface area (TPSA) is 46.9 Å². The van der Waals surface area contributed by atoms with Crippen molar-refractivity contribution in [3.63, 3.8) is 0 Å². The van der Waals surface area contributed by atoms with E-state index in [1.54, 1.807) is 12.1 Å². The van der Waals surface area contributed by atoms with Gasteiger partial charge in [0.15, 0.2) is 5.82 Å². The molecule has 2 aliphatic rings. The fourth-order valence-electron chi connectivity index (χ4n) is 4.36. The van der Waals surface area contributed by atoms with Gasteiger partial charge >= 0.3 is 0 Å². The number of nitrogens with one attached hydrogen (secondary N) is 1. The Morgan fingerprint density at radius 3 is 2.48 bits per heavy atom. The van der Waals surface area contributed by atoms with Crippen molar-refractivity contribution in [2.75, 3.05) is 5.32 Å². The summed E-state index contributed by atoms with van der Waals surface area (Å²) in [6.45, 7) is 4.33. The minimum absolute atomic E-state index is 0.112. The largest absolute Gasteiger partial charge is 0.308 e. The molecule has 5 heteroatoms. The number of amides is 1. The van der Waals surface area contributed by atoms with Crippen molar-refractivity contribution in [2.24, 2.45) is 18.4 Å². The van der Waals surface area contributed by atoms with Gasteiger partial charge in [0.05, 0.1) is 5.69 Å². The van der Waals surface area contributed by atoms with Gasteiger partial charge in [-0.2, -0.15) is 5.10 Å². The molecule has 0 bridgehead atoms. The number of hydrogen-bond donors (Lipinski definition) is 1. The predicted octanol–water partition coefficient (Wildman–Crippen LogP) is 5.26. The Morgan fingerprint density at radius 1 is 1.30 bits per heavy atom. The van der Waals surface area contributed by atoms with Crippen LogP contribution in [0.5, 0.6) is 0 Å². The molecule has 27 heavy (non-hydrogen) atoms. The molecule has 2 aliphatic carbocycles. The van der Waals surface area contributed by atoms with Crippen molar-refractivity contribution in [3.8, 4) is 11.3 Å². The first kappa shape index (κ1) is 18.2. The highest BCUT2D eigenvalue weighted by Crippen LogP contribution is 2.52. The van der Waals surface area contributed by atoms with Gasteiger partial charge in [-0.25, -0.2) is 4.39 Å². The van der Waals surface area contributed by atoms with Gasteiger partial charge in [0.1, 0.15) is 5.82 Å². The van der Waals surface area contributed by atoms with Crippen LogP contribution in [0.4, 0.5) is 10.2 Å². The van der Waals surface area contributed by atoms with Crippen LogP contribution in [0.2, 0.25) is 0 Å². The first-order valence-corrected chi connectivity index (χ1v) is 10.0. The summed E-state index contributed by atoms with van der Waals surface area (Å²) >= 11 is 0. The van der Waals surface area contributed by atoms with Crippen molar-refractivity contribution in [3.05, 3.63) is 35.6 Å². The summed E-state index contributed by atoms with van der Waals surface area (Å²) in [5.41, 5.74) is 2.84. The average Bonchev–Trinajstić information content (AvgIpc) is 3.27. The second-order valence-corrected chi connectivity index (χ2v) is 8.70. The number of halogens is 1. The van der Waals surface area contributed by atoms with E-state index in [4.69, 9.17) is 0 Å². The lowest BCUT2D eigenvalue weighted by Gasteiger charge is -2.27. The van der Waals surface area contributed by atoms with Crippen LogP contribution < -0.4 is 5.32 Å². The summed E-state index contributed by atoms with van der Waals surface area (Å²) in [5, 5.41) is 7.83. The Hall–Kier alpha value is -2.17. The second kappa shape index (κ2) is 6.77. The van der Waals surface area contributed by atoms with E-state index in [1.165, 1.54) is 18.6 Å². The first-order valence-electron chi connectivity index (χ1n) is 10.0. The number of carbonyl (C=O) groups excluding carboxylic acids is 1. The molecule has 2 aromatic rings. The van der Waals surface area contributed by atoms with E-state index in [9.17, 15) is 9.18 Å². The molecule has 0 spiro atoms. The third kappa shape index (κ3) is 3.40. The summed E-state index contributed by atoms with van der Waals surface area (Å²) in [7, 11) is 1.90. The smallest absolute Gasteiger partial charge is 0.231 e. The number of aromatic nitrogens is 2. The summed E-state index contributed by atoms with van der Waals surface area (Å²) in [6, 6.07) is 6.54. The molecule has 2 saturated carbocycles. The van der Waals surface area contributed by atoms with Gasteiger partial charge in [-0.05, 0) is 68.2 Å². The third-order valence-electron chi connectivity index (χ3n) is 6.08. The summed E-state index contributed by atoms with van der Waals surface area (Å²) in [5.74, 6) is 1.48. The van der Waals surface area contributed by atoms with Crippen LogP contribution in [0.25, 0.3) is 11.3 Å². The molecule has 1 heterocycles. The van der Waals surface area contributed by atoms with Crippen molar-refractivity contribution >= 4 is 11.7 Å². The van der Waals surface area contributed by atoms with E-state index in [0.717, 1.165) is 48.9 Å². The molecular formula is C22H28FN3O. The molecule has 1 aromatic carbocycles. The standard InChI is InChI=1S/C22H28FN3O/c1-14(2)13-22(11-12-22)21(27)24-20-18(15-5-4-6-15)19(26(3)25-20)16-7-9-17(23)10-8-16/h7-10,14-15H,4-6,11-13H2,1-3H3,(H,24,25,27). The SMILES string of the molecule is CC(C)CC1(C(=O)Nc2nn(C)c(-c3ccc(F)cc3)c2C2CCC2)CC1. The van der Waals surface area contributed by atoms with Crippen molar-refractivity contribution in [1.29, 1.82) is 0 Å². The maximum absolute atomic E-state index is 13.4. The van der Waals surface area contributed by atoms with E-state index in [1.807, 2.05) is 11.7 Å². The Kier molecular flexibility index (Phi) is 4.57. The Labute approximate surface area is 160 Å². The number of anilines is 1. The Balaban J connectivity index is 1.68. The van der Waals surface area contributed by atoms with Crippen LogP contribution in [0, 0.1) is 17.2 Å². The van der Waals surface area contributed by atoms with E-state index < -0.39 is 0 Å². The lowest BCUT2D eigenvalue weighted by atomic mass is 9.78. The number of rotatable bonds is 6. The average molecular weight is 369 g/mol. The minimum Gasteiger partial charge on any atom is -0.308 e. The molecule has 0 radical (unpaired) electrons. The monoisotopic (exact) mass is 369 g/mol. The highest BCUT2D eigenvalue weighted by Gasteiger charge is 2.50. The quantitative estimate of drug-likeness (QED) is 0.755. The summed E-state index contributed by atoms with van der Waals surface area (Å²) < 4.78 is 15.2. The van der Waals surface area contributed by atoms with Gasteiger partial charge in [0.2, 0.25) is 5.91 Å². The lowest BCUT2D eigenvalue weighted by molar-refractivity contribution is -0.121. The van der Waals surface area contributed by atoms with Gasteiger partial charge < -0.3 is 5.32 Å². The van der Waals surface area contributed by atoms with E-state index in [0.29, 0.717) is 17.7 Å². The van der Waals surface area contributed by atoms with E-state index >= 15 is 0 Å². The molecule has 0 unspecified atom stereocenters. The number of carbonyl (C=O) groups is 1. The highest BCUT2D eigenvalue weighted by atomic mass is 19.1. The van der Waals surface area contributed by atoms with Crippen LogP contribution in [0.15, 0.2) is 24.3 Å². The van der Waals surface area contributed by atoms with Gasteiger partial charge in [-0.3, -0.25) is 9.48 Å². The van der Waals surface area contributed by atoms with E-state index in [2.05, 4.69) is 24.3 Å². The molecule has 4 nitrogen and oxygen atoms in total. The predicted molar refractivity (Wildman–Crippen MR) is 105 cm³/mol. The van der Waals surface area contributed by atoms with E-state index in [-0.39, 0.29) is 17.1 Å². The van der Waals surface area contributed by atoms with Gasteiger partial charge in [0, 0.05) is 23.6 Å². The summed E-state index contributed by atoms with van der Waals surface area (Å²) in [4.78, 5) is 13.0. The molecule has 1 amide bonds. The molecule has 0 atom stereocenters. The number of aryl methyl sites for hydroxylation is 1. The normalized spacial score (nSPS) is 18.4. The molecule has 1 aromatic heterocycles. The summed E-state index contributed by atoms with van der Waals surface area (Å²) in [6.07, 6.45) is 6.28. The molecule has 0 saturated heterocycles. The lowest BCUT2D eigenvalue weighted by Crippen LogP contribution is -2.26. The molecule has 0 aliphatic heterocycles. The number of hydrogen-bond acceptors (Lipinski definition) is 2. The van der Waals surface area contributed by atoms with Gasteiger partial charge in [0.25, 0.3) is 0 Å². The second-order valence-electron chi connectivity index (χ2n) is 8.70. The maximum Gasteiger partial charge on any atom is 0.231 e. The fraction of sp³-hybridized carbons (Fsp3) is 0.545. The van der Waals surface area contributed by atoms with Crippen molar-refractivity contribution < 1.29 is 9.18 Å². The van der Waals surface area contributed by atoms with Gasteiger partial charge in [-0.1, -0.05) is 20.3 Å². The zero-order valence-electron chi connectivity index (χ0n) is 16.4. The number of benzene rings is 1. The molecular weight excluding hydrogens is 341 g/mol. The van der Waals surface area contributed by atoms with Crippen LogP contribution in [0.3, 0.4) is 0 Å². The number of nitrogens with zero attached hydrogens (tertiary/aromatic N) is 2. The first-order chi connectivity index (χ1) is 12.9. The van der Waals surface area contributed by atoms with Crippen LogP contribution in [-0.4, -0.2) is 15.7 Å². The zero-order chi connectivity index (χ0) is 19.2. The van der Waals surface area contributed by atoms with Gasteiger partial charge in [-0.15, -0.1) is 0 Å². The van der Waals surface area contributed by atoms with Crippen molar-refractivity contribution in [1.82, 2.24) is 9.78 Å². The van der Waals surface area contributed by atoms with Crippen LogP contribution in [0.1, 0.15) is 63.9 Å². The Bertz CT molecular complexity index is 845. The Morgan fingerprint density at radius 2 is 1.96 bits per heavy atom. The fourth-order valence-corrected chi connectivity index (χ4v) is 4.36. The molecule has 4 rings (SSSR count). The maximum atomic E-state index is 13.4. The third-order valence-corrected chi connectivity index (χ3v) is 6.08. The van der Waals surface area contributed by atoms with Crippen LogP contribution in [-0.2, 0) is 11.8 Å².